The van der Waals surface area contributed by atoms with E-state index in [-0.39, 0.29) is 17.8 Å². The zero-order valence-corrected chi connectivity index (χ0v) is 11.1. The van der Waals surface area contributed by atoms with Crippen LogP contribution in [0.5, 0.6) is 5.75 Å². The summed E-state index contributed by atoms with van der Waals surface area (Å²) in [7, 11) is 1.54. The average molecular weight is 268 g/mol. The quantitative estimate of drug-likeness (QED) is 0.897. The van der Waals surface area contributed by atoms with Gasteiger partial charge in [-0.1, -0.05) is 11.6 Å². The zero-order chi connectivity index (χ0) is 13.3. The summed E-state index contributed by atoms with van der Waals surface area (Å²) in [5.41, 5.74) is 1.27. The second-order valence-corrected chi connectivity index (χ2v) is 4.65. The van der Waals surface area contributed by atoms with Crippen molar-refractivity contribution >= 4 is 28.5 Å². The molecule has 5 nitrogen and oxygen atoms in total. The fraction of sp³-hybridized carbons (Fsp3) is 0.333. The molecule has 1 amide bonds. The van der Waals surface area contributed by atoms with Gasteiger partial charge in [-0.3, -0.25) is 4.79 Å². The van der Waals surface area contributed by atoms with Crippen LogP contribution in [0.4, 0.5) is 0 Å². The van der Waals surface area contributed by atoms with E-state index < -0.39 is 0 Å². The molecule has 6 heteroatoms. The Kier molecular flexibility index (Phi) is 3.43. The summed E-state index contributed by atoms with van der Waals surface area (Å²) >= 11 is 5.95. The SMILES string of the molecule is COc1cc(Cl)cc2[nH]c(C(=O)NC(C)C)nc12. The summed E-state index contributed by atoms with van der Waals surface area (Å²) in [6.07, 6.45) is 0. The van der Waals surface area contributed by atoms with Gasteiger partial charge in [-0.15, -0.1) is 0 Å². The van der Waals surface area contributed by atoms with E-state index in [0.29, 0.717) is 21.8 Å². The molecule has 1 aromatic heterocycles. The van der Waals surface area contributed by atoms with E-state index in [1.54, 1.807) is 12.1 Å². The lowest BCUT2D eigenvalue weighted by Crippen LogP contribution is -2.30. The van der Waals surface area contributed by atoms with Crippen LogP contribution >= 0.6 is 11.6 Å². The summed E-state index contributed by atoms with van der Waals surface area (Å²) in [6, 6.07) is 3.42. The van der Waals surface area contributed by atoms with Crippen molar-refractivity contribution in [3.05, 3.63) is 23.0 Å². The minimum absolute atomic E-state index is 0.0520. The van der Waals surface area contributed by atoms with E-state index in [2.05, 4.69) is 15.3 Å². The smallest absolute Gasteiger partial charge is 0.287 e. The summed E-state index contributed by atoms with van der Waals surface area (Å²) in [5.74, 6) is 0.538. The maximum Gasteiger partial charge on any atom is 0.287 e. The van der Waals surface area contributed by atoms with Gasteiger partial charge in [-0.25, -0.2) is 4.98 Å². The highest BCUT2D eigenvalue weighted by atomic mass is 35.5. The van der Waals surface area contributed by atoms with Crippen molar-refractivity contribution in [1.82, 2.24) is 15.3 Å². The van der Waals surface area contributed by atoms with Crippen LogP contribution in [0.15, 0.2) is 12.1 Å². The molecule has 0 aliphatic rings. The van der Waals surface area contributed by atoms with Crippen molar-refractivity contribution in [1.29, 1.82) is 0 Å². The van der Waals surface area contributed by atoms with Crippen molar-refractivity contribution in [2.45, 2.75) is 19.9 Å². The summed E-state index contributed by atoms with van der Waals surface area (Å²) in [5, 5.41) is 3.29. The van der Waals surface area contributed by atoms with Gasteiger partial charge in [0.1, 0.15) is 11.3 Å². The number of aromatic amines is 1. The Bertz CT molecular complexity index is 592. The summed E-state index contributed by atoms with van der Waals surface area (Å²) < 4.78 is 5.18. The molecule has 0 spiro atoms. The van der Waals surface area contributed by atoms with Gasteiger partial charge in [0.15, 0.2) is 5.82 Å². The van der Waals surface area contributed by atoms with Gasteiger partial charge < -0.3 is 15.0 Å². The van der Waals surface area contributed by atoms with E-state index in [1.165, 1.54) is 7.11 Å². The third-order valence-electron chi connectivity index (χ3n) is 2.37. The highest BCUT2D eigenvalue weighted by Gasteiger charge is 2.15. The molecule has 0 unspecified atom stereocenters. The number of methoxy groups -OCH3 is 1. The maximum absolute atomic E-state index is 11.8. The predicted molar refractivity (Wildman–Crippen MR) is 70.3 cm³/mol. The fourth-order valence-corrected chi connectivity index (χ4v) is 1.85. The number of nitrogens with zero attached hydrogens (tertiary/aromatic N) is 1. The molecule has 0 atom stereocenters. The largest absolute Gasteiger partial charge is 0.494 e. The van der Waals surface area contributed by atoms with E-state index in [0.717, 1.165) is 0 Å². The highest BCUT2D eigenvalue weighted by molar-refractivity contribution is 6.31. The van der Waals surface area contributed by atoms with Crippen LogP contribution in [0.3, 0.4) is 0 Å². The van der Waals surface area contributed by atoms with E-state index in [9.17, 15) is 4.79 Å². The molecule has 0 saturated carbocycles. The number of fused-ring (bicyclic) bond motifs is 1. The molecule has 2 N–H and O–H groups in total. The number of aromatic nitrogens is 2. The third kappa shape index (κ3) is 2.41. The number of ether oxygens (including phenoxy) is 1. The van der Waals surface area contributed by atoms with E-state index in [1.807, 2.05) is 13.8 Å². The molecule has 0 aliphatic heterocycles. The summed E-state index contributed by atoms with van der Waals surface area (Å²) in [6.45, 7) is 3.77. The second-order valence-electron chi connectivity index (χ2n) is 4.22. The Labute approximate surface area is 109 Å². The van der Waals surface area contributed by atoms with E-state index >= 15 is 0 Å². The number of rotatable bonds is 3. The molecule has 0 bridgehead atoms. The molecule has 0 radical (unpaired) electrons. The van der Waals surface area contributed by atoms with Gasteiger partial charge in [0.05, 0.1) is 12.6 Å². The molecule has 0 aliphatic carbocycles. The van der Waals surface area contributed by atoms with Crippen LogP contribution in [-0.2, 0) is 0 Å². The molecule has 0 saturated heterocycles. The van der Waals surface area contributed by atoms with Crippen LogP contribution in [0.25, 0.3) is 11.0 Å². The van der Waals surface area contributed by atoms with Gasteiger partial charge in [-0.05, 0) is 19.9 Å². The lowest BCUT2D eigenvalue weighted by Gasteiger charge is -2.04. The Hall–Kier alpha value is -1.75. The van der Waals surface area contributed by atoms with Crippen LogP contribution in [0.2, 0.25) is 5.02 Å². The average Bonchev–Trinajstić information content (AvgIpc) is 2.70. The molecule has 2 aromatic rings. The molecule has 1 heterocycles. The van der Waals surface area contributed by atoms with Gasteiger partial charge in [0.2, 0.25) is 0 Å². The number of carbonyl (C=O) groups excluding carboxylic acids is 1. The number of carbonyl (C=O) groups is 1. The number of H-pyrrole nitrogens is 1. The topological polar surface area (TPSA) is 67.0 Å². The number of hydrogen-bond acceptors (Lipinski definition) is 3. The van der Waals surface area contributed by atoms with Crippen molar-refractivity contribution < 1.29 is 9.53 Å². The molecule has 2 rings (SSSR count). The fourth-order valence-electron chi connectivity index (χ4n) is 1.65. The number of amides is 1. The number of benzene rings is 1. The Morgan fingerprint density at radius 2 is 2.22 bits per heavy atom. The molecule has 0 fully saturated rings. The number of halogens is 1. The second kappa shape index (κ2) is 4.86. The number of hydrogen-bond donors (Lipinski definition) is 2. The first-order valence-electron chi connectivity index (χ1n) is 5.55. The first-order valence-corrected chi connectivity index (χ1v) is 5.93. The Balaban J connectivity index is 2.47. The van der Waals surface area contributed by atoms with Crippen molar-refractivity contribution in [2.75, 3.05) is 7.11 Å². The lowest BCUT2D eigenvalue weighted by molar-refractivity contribution is 0.0934. The molecular weight excluding hydrogens is 254 g/mol. The van der Waals surface area contributed by atoms with Crippen LogP contribution in [-0.4, -0.2) is 29.0 Å². The van der Waals surface area contributed by atoms with E-state index in [4.69, 9.17) is 16.3 Å². The third-order valence-corrected chi connectivity index (χ3v) is 2.59. The zero-order valence-electron chi connectivity index (χ0n) is 10.4. The highest BCUT2D eigenvalue weighted by Crippen LogP contribution is 2.28. The van der Waals surface area contributed by atoms with Crippen molar-refractivity contribution in [3.63, 3.8) is 0 Å². The predicted octanol–water partition coefficient (Wildman–Crippen LogP) is 2.36. The first kappa shape index (κ1) is 12.7. The Morgan fingerprint density at radius 3 is 2.83 bits per heavy atom. The lowest BCUT2D eigenvalue weighted by atomic mass is 10.3. The number of nitrogens with one attached hydrogen (secondary N) is 2. The maximum atomic E-state index is 11.8. The Morgan fingerprint density at radius 1 is 1.50 bits per heavy atom. The minimum Gasteiger partial charge on any atom is -0.494 e. The van der Waals surface area contributed by atoms with Crippen LogP contribution in [0.1, 0.15) is 24.5 Å². The molecule has 1 aromatic carbocycles. The van der Waals surface area contributed by atoms with Gasteiger partial charge in [0, 0.05) is 17.1 Å². The minimum atomic E-state index is -0.251. The van der Waals surface area contributed by atoms with Crippen LogP contribution < -0.4 is 10.1 Å². The molecule has 96 valence electrons. The standard InChI is InChI=1S/C12H14ClN3O2/c1-6(2)14-12(17)11-15-8-4-7(13)5-9(18-3)10(8)16-11/h4-6H,1-3H3,(H,14,17)(H,15,16). The summed E-state index contributed by atoms with van der Waals surface area (Å²) in [4.78, 5) is 19.0. The van der Waals surface area contributed by atoms with Crippen LogP contribution in [0, 0.1) is 0 Å². The van der Waals surface area contributed by atoms with Gasteiger partial charge in [0.25, 0.3) is 5.91 Å². The number of imidazole rings is 1. The van der Waals surface area contributed by atoms with Crippen molar-refractivity contribution in [2.24, 2.45) is 0 Å². The molecule has 18 heavy (non-hydrogen) atoms. The van der Waals surface area contributed by atoms with Gasteiger partial charge in [-0.2, -0.15) is 0 Å². The normalized spacial score (nSPS) is 10.9. The first-order chi connectivity index (χ1) is 8.51. The molecular formula is C12H14ClN3O2. The van der Waals surface area contributed by atoms with Crippen molar-refractivity contribution in [3.8, 4) is 5.75 Å². The monoisotopic (exact) mass is 267 g/mol. The van der Waals surface area contributed by atoms with Gasteiger partial charge >= 0.3 is 0 Å².